The summed E-state index contributed by atoms with van der Waals surface area (Å²) < 4.78 is 1.58. The zero-order valence-electron chi connectivity index (χ0n) is 28.9. The number of halogens is 2. The van der Waals surface area contributed by atoms with Crippen LogP contribution in [0.2, 0.25) is 0 Å². The van der Waals surface area contributed by atoms with E-state index in [1.54, 1.807) is 31.1 Å². The Kier molecular flexibility index (Phi) is 13.5. The Morgan fingerprint density at radius 3 is 1.88 bits per heavy atom. The molecule has 48 heavy (non-hydrogen) atoms. The van der Waals surface area contributed by atoms with Crippen LogP contribution in [-0.4, -0.2) is 3.21 Å². The fourth-order valence-corrected chi connectivity index (χ4v) is 8.86. The topological polar surface area (TPSA) is 0 Å². The smallest absolute Gasteiger partial charge is 0.172 e. The Morgan fingerprint density at radius 2 is 1.29 bits per heavy atom. The van der Waals surface area contributed by atoms with Gasteiger partial charge in [0.2, 0.25) is 0 Å². The van der Waals surface area contributed by atoms with Crippen LogP contribution in [0.1, 0.15) is 82.1 Å². The Labute approximate surface area is 317 Å². The number of rotatable bonds is 4. The summed E-state index contributed by atoms with van der Waals surface area (Å²) in [5.41, 5.74) is 12.7. The molecule has 0 amide bonds. The average Bonchev–Trinajstić information content (AvgIpc) is 3.82. The standard InChI is InChI=1S/C21H21.C19H22.C5H5.2ClH.Zr/c1-2-8-15-14(7-1)13-20-18-11-4-3-9-16(18)17-10-5-6-12-19(17)21(15)20;1-18(2,16-11-7-5-8-12-16)15-19(3,4)17-13-9-6-10-14-17;1-2-4-5-3-1;;;/h1-2,6-8,11-12,16-17H,3-5,9-10,13H2;5-14H,1-4H3;1-5H;2*1H;/q-1;;-1;;;+2/p-2. The first-order chi connectivity index (χ1) is 22.3. The molecule has 0 bridgehead atoms. The molecule has 0 aromatic heterocycles. The minimum atomic E-state index is 0. The molecular weight excluding hydrogens is 703 g/mol. The molecule has 248 valence electrons. The maximum atomic E-state index is 2.57. The normalized spacial score (nSPS) is 18.9. The van der Waals surface area contributed by atoms with Gasteiger partial charge in [0.15, 0.2) is 0 Å². The van der Waals surface area contributed by atoms with E-state index in [1.165, 1.54) is 73.0 Å². The van der Waals surface area contributed by atoms with E-state index >= 15 is 0 Å². The third-order valence-electron chi connectivity index (χ3n) is 10.7. The second kappa shape index (κ2) is 16.9. The van der Waals surface area contributed by atoms with Gasteiger partial charge in [-0.2, -0.15) is 23.8 Å². The van der Waals surface area contributed by atoms with E-state index in [-0.39, 0.29) is 35.6 Å². The first kappa shape index (κ1) is 38.2. The largest absolute Gasteiger partial charge is 1.00 e. The monoisotopic (exact) mass is 748 g/mol. The Morgan fingerprint density at radius 1 is 0.708 bits per heavy atom. The number of allylic oxidation sites excluding steroid dienone is 6. The molecule has 4 aromatic carbocycles. The summed E-state index contributed by atoms with van der Waals surface area (Å²) in [5, 5.41) is 0. The van der Waals surface area contributed by atoms with E-state index in [2.05, 4.69) is 131 Å². The summed E-state index contributed by atoms with van der Waals surface area (Å²) in [6, 6.07) is 40.8. The molecule has 0 spiro atoms. The molecule has 1 saturated carbocycles. The van der Waals surface area contributed by atoms with Gasteiger partial charge in [-0.05, 0) is 36.7 Å². The average molecular weight is 751 g/mol. The van der Waals surface area contributed by atoms with Gasteiger partial charge in [-0.15, -0.1) is 6.42 Å². The van der Waals surface area contributed by atoms with Crippen molar-refractivity contribution < 1.29 is 49.0 Å². The summed E-state index contributed by atoms with van der Waals surface area (Å²) >= 11 is 1.51. The molecule has 3 heteroatoms. The van der Waals surface area contributed by atoms with Gasteiger partial charge in [0, 0.05) is 0 Å². The first-order valence-corrected chi connectivity index (χ1v) is 18.5. The molecule has 4 aliphatic carbocycles. The summed E-state index contributed by atoms with van der Waals surface area (Å²) in [4.78, 5) is 0. The van der Waals surface area contributed by atoms with Crippen LogP contribution in [0.4, 0.5) is 0 Å². The van der Waals surface area contributed by atoms with E-state index in [9.17, 15) is 0 Å². The quantitative estimate of drug-likeness (QED) is 0.247. The molecule has 4 aliphatic rings. The maximum Gasteiger partial charge on any atom is -0.172 e. The van der Waals surface area contributed by atoms with Crippen molar-refractivity contribution in [2.24, 2.45) is 11.8 Å². The van der Waals surface area contributed by atoms with Crippen molar-refractivity contribution in [1.82, 2.24) is 0 Å². The van der Waals surface area contributed by atoms with Gasteiger partial charge in [-0.1, -0.05) is 66.0 Å². The van der Waals surface area contributed by atoms with E-state index in [4.69, 9.17) is 0 Å². The van der Waals surface area contributed by atoms with Crippen LogP contribution in [0.5, 0.6) is 0 Å². The predicted molar refractivity (Wildman–Crippen MR) is 194 cm³/mol. The number of hydrogen-bond acceptors (Lipinski definition) is 0. The zero-order chi connectivity index (χ0) is 32.1. The van der Waals surface area contributed by atoms with Gasteiger partial charge in [0.25, 0.3) is 0 Å². The Bertz CT molecular complexity index is 1650. The van der Waals surface area contributed by atoms with Crippen molar-refractivity contribution in [2.45, 2.75) is 77.0 Å². The third-order valence-corrected chi connectivity index (χ3v) is 13.8. The number of hydrogen-bond donors (Lipinski definition) is 0. The molecular formula is C45H48Cl2Zr-2. The van der Waals surface area contributed by atoms with Gasteiger partial charge in [-0.25, -0.2) is 24.1 Å². The summed E-state index contributed by atoms with van der Waals surface area (Å²) in [5.74, 6) is 1.60. The molecule has 1 fully saturated rings. The number of fused-ring (bicyclic) bond motifs is 6. The van der Waals surface area contributed by atoms with Crippen molar-refractivity contribution in [3.05, 3.63) is 173 Å². The van der Waals surface area contributed by atoms with Gasteiger partial charge in [-0.3, -0.25) is 0 Å². The van der Waals surface area contributed by atoms with Crippen LogP contribution < -0.4 is 24.8 Å². The molecule has 0 radical (unpaired) electrons. The molecule has 2 atom stereocenters. The van der Waals surface area contributed by atoms with Crippen molar-refractivity contribution in [3.8, 4) is 0 Å². The molecule has 4 aromatic rings. The van der Waals surface area contributed by atoms with Crippen LogP contribution in [-0.2, 0) is 41.5 Å². The predicted octanol–water partition coefficient (Wildman–Crippen LogP) is 5.35. The minimum absolute atomic E-state index is 0. The summed E-state index contributed by atoms with van der Waals surface area (Å²) in [7, 11) is 0. The van der Waals surface area contributed by atoms with Crippen molar-refractivity contribution in [3.63, 3.8) is 0 Å². The van der Waals surface area contributed by atoms with E-state index in [0.717, 1.165) is 18.3 Å². The second-order valence-electron chi connectivity index (χ2n) is 14.2. The molecule has 0 heterocycles. The molecule has 8 rings (SSSR count). The van der Waals surface area contributed by atoms with Crippen molar-refractivity contribution >= 4 is 8.78 Å². The molecule has 0 aliphatic heterocycles. The van der Waals surface area contributed by atoms with Crippen LogP contribution in [0.15, 0.2) is 144 Å². The first-order valence-electron chi connectivity index (χ1n) is 17.2. The minimum Gasteiger partial charge on any atom is -1.00 e. The van der Waals surface area contributed by atoms with Gasteiger partial charge in [0.1, 0.15) is 0 Å². The third kappa shape index (κ3) is 7.91. The van der Waals surface area contributed by atoms with Crippen LogP contribution in [0.3, 0.4) is 0 Å². The van der Waals surface area contributed by atoms with Gasteiger partial charge in [0.05, 0.1) is 0 Å². The van der Waals surface area contributed by atoms with Crippen molar-refractivity contribution in [2.75, 3.05) is 0 Å². The Hall–Kier alpha value is -2.57. The van der Waals surface area contributed by atoms with Gasteiger partial charge < -0.3 is 24.8 Å². The van der Waals surface area contributed by atoms with Crippen molar-refractivity contribution in [1.29, 1.82) is 0 Å². The van der Waals surface area contributed by atoms with E-state index in [1.807, 2.05) is 30.3 Å². The molecule has 2 unspecified atom stereocenters. The molecule has 0 saturated heterocycles. The zero-order valence-corrected chi connectivity index (χ0v) is 32.8. The van der Waals surface area contributed by atoms with Gasteiger partial charge >= 0.3 is 138 Å². The maximum absolute atomic E-state index is 2.57. The van der Waals surface area contributed by atoms with Crippen LogP contribution >= 0.6 is 0 Å². The number of benzene rings is 3. The summed E-state index contributed by atoms with van der Waals surface area (Å²) in [6.45, 7) is 9.38. The second-order valence-corrected chi connectivity index (χ2v) is 15.5. The van der Waals surface area contributed by atoms with E-state index < -0.39 is 0 Å². The fourth-order valence-electron chi connectivity index (χ4n) is 8.16. The fraction of sp³-hybridized carbons (Fsp3) is 0.311. The Balaban J connectivity index is 0.000000183. The van der Waals surface area contributed by atoms with Crippen LogP contribution in [0, 0.1) is 18.3 Å². The SMILES string of the molecule is C1=CC2=C3C(=C4[CH-]CCCC4C2CC1)Cc1ccccc13.CC(C)([C](=[Zr+2])C(C)(C)c1ccccc1)c1ccccc1.[Cl-].[Cl-].c1cc[cH-]c1. The van der Waals surface area contributed by atoms with E-state index in [0.29, 0.717) is 0 Å². The summed E-state index contributed by atoms with van der Waals surface area (Å²) in [6.07, 6.45) is 15.3. The molecule has 0 N–H and O–H groups in total. The van der Waals surface area contributed by atoms with Crippen LogP contribution in [0.25, 0.3) is 5.57 Å². The molecule has 0 nitrogen and oxygen atoms in total.